The maximum Gasteiger partial charge on any atom is 0.339 e. The van der Waals surface area contributed by atoms with Gasteiger partial charge in [-0.25, -0.2) is 4.79 Å². The van der Waals surface area contributed by atoms with Crippen LogP contribution in [-0.2, 0) is 4.74 Å². The fourth-order valence-corrected chi connectivity index (χ4v) is 0.993. The first-order chi connectivity index (χ1) is 6.24. The lowest BCUT2D eigenvalue weighted by Gasteiger charge is -2.03. The third kappa shape index (κ3) is 2.87. The molecule has 1 aromatic carbocycles. The third-order valence-electron chi connectivity index (χ3n) is 1.60. The molecule has 0 unspecified atom stereocenters. The summed E-state index contributed by atoms with van der Waals surface area (Å²) in [5.74, 6) is -0.293. The summed E-state index contributed by atoms with van der Waals surface area (Å²) in [5, 5.41) is 2.74. The van der Waals surface area contributed by atoms with Gasteiger partial charge in [-0.1, -0.05) is 17.7 Å². The largest absolute Gasteiger partial charge is 0.446 e. The van der Waals surface area contributed by atoms with Crippen LogP contribution in [0.3, 0.4) is 0 Å². The first kappa shape index (κ1) is 9.74. The molecule has 3 heteroatoms. The van der Waals surface area contributed by atoms with Crippen LogP contribution in [-0.4, -0.2) is 19.7 Å². The van der Waals surface area contributed by atoms with Crippen LogP contribution in [0.1, 0.15) is 17.3 Å². The number of benzene rings is 1. The van der Waals surface area contributed by atoms with Crippen molar-refractivity contribution in [3.8, 4) is 0 Å². The van der Waals surface area contributed by atoms with Crippen LogP contribution in [0.2, 0.25) is 0 Å². The van der Waals surface area contributed by atoms with Gasteiger partial charge in [0.05, 0.1) is 5.56 Å². The van der Waals surface area contributed by atoms with Gasteiger partial charge in [-0.15, -0.1) is 0 Å². The van der Waals surface area contributed by atoms with Gasteiger partial charge in [-0.2, -0.15) is 0 Å². The highest BCUT2D eigenvalue weighted by Gasteiger charge is 2.05. The fourth-order valence-electron chi connectivity index (χ4n) is 0.993. The van der Waals surface area contributed by atoms with E-state index in [1.807, 2.05) is 19.1 Å². The average Bonchev–Trinajstić information content (AvgIpc) is 2.14. The van der Waals surface area contributed by atoms with Gasteiger partial charge < -0.3 is 4.74 Å². The van der Waals surface area contributed by atoms with E-state index in [1.165, 1.54) is 0 Å². The van der Waals surface area contributed by atoms with Crippen molar-refractivity contribution in [3.63, 3.8) is 0 Å². The molecule has 0 radical (unpaired) electrons. The Morgan fingerprint density at radius 2 is 2.38 bits per heavy atom. The second-order valence-electron chi connectivity index (χ2n) is 2.80. The second-order valence-corrected chi connectivity index (χ2v) is 2.80. The number of hydrogen-bond donors (Lipinski definition) is 1. The van der Waals surface area contributed by atoms with Crippen molar-refractivity contribution in [2.24, 2.45) is 0 Å². The summed E-state index contributed by atoms with van der Waals surface area (Å²) < 4.78 is 4.88. The van der Waals surface area contributed by atoms with E-state index in [0.717, 1.165) is 5.56 Å². The Labute approximate surface area is 79.2 Å². The van der Waals surface area contributed by atoms with E-state index in [9.17, 15) is 4.79 Å². The van der Waals surface area contributed by atoms with Crippen LogP contribution in [0.15, 0.2) is 24.3 Å². The quantitative estimate of drug-likeness (QED) is 0.568. The number of carbonyl (C=O) groups excluding carboxylic acids is 1. The number of rotatable bonds is 3. The zero-order chi connectivity index (χ0) is 9.68. The highest BCUT2D eigenvalue weighted by molar-refractivity contribution is 5.89. The molecule has 1 N–H and O–H groups in total. The second kappa shape index (κ2) is 4.62. The normalized spacial score (nSPS) is 9.69. The molecule has 0 aliphatic rings. The molecule has 0 spiro atoms. The van der Waals surface area contributed by atoms with Crippen molar-refractivity contribution >= 4 is 5.97 Å². The Morgan fingerprint density at radius 1 is 1.62 bits per heavy atom. The first-order valence-corrected chi connectivity index (χ1v) is 4.12. The lowest BCUT2D eigenvalue weighted by molar-refractivity contribution is 0.0481. The SMILES string of the molecule is CNCOC(=O)c1cccc(C)c1.[HH]. The summed E-state index contributed by atoms with van der Waals surface area (Å²) in [6, 6.07) is 7.32. The van der Waals surface area contributed by atoms with E-state index in [4.69, 9.17) is 4.74 Å². The summed E-state index contributed by atoms with van der Waals surface area (Å²) in [5.41, 5.74) is 1.65. The summed E-state index contributed by atoms with van der Waals surface area (Å²) >= 11 is 0. The van der Waals surface area contributed by atoms with Gasteiger partial charge in [0, 0.05) is 1.43 Å². The molecule has 0 aliphatic heterocycles. The number of aryl methyl sites for hydroxylation is 1. The lowest BCUT2D eigenvalue weighted by atomic mass is 10.1. The van der Waals surface area contributed by atoms with Gasteiger partial charge in [0.1, 0.15) is 6.73 Å². The first-order valence-electron chi connectivity index (χ1n) is 4.12. The van der Waals surface area contributed by atoms with E-state index in [1.54, 1.807) is 19.2 Å². The molecule has 0 amide bonds. The summed E-state index contributed by atoms with van der Waals surface area (Å²) in [7, 11) is 1.73. The molecule has 0 bridgehead atoms. The zero-order valence-corrected chi connectivity index (χ0v) is 7.83. The zero-order valence-electron chi connectivity index (χ0n) is 7.83. The van der Waals surface area contributed by atoms with E-state index in [0.29, 0.717) is 5.56 Å². The minimum Gasteiger partial charge on any atom is -0.446 e. The van der Waals surface area contributed by atoms with Crippen LogP contribution >= 0.6 is 0 Å². The fraction of sp³-hybridized carbons (Fsp3) is 0.300. The molecule has 0 fully saturated rings. The molecule has 0 aromatic heterocycles. The van der Waals surface area contributed by atoms with Crippen molar-refractivity contribution in [2.45, 2.75) is 6.92 Å². The van der Waals surface area contributed by atoms with E-state index < -0.39 is 0 Å². The van der Waals surface area contributed by atoms with Gasteiger partial charge in [0.2, 0.25) is 0 Å². The number of hydrogen-bond acceptors (Lipinski definition) is 3. The summed E-state index contributed by atoms with van der Waals surface area (Å²) in [4.78, 5) is 11.3. The average molecular weight is 181 g/mol. The van der Waals surface area contributed by atoms with Crippen LogP contribution < -0.4 is 5.32 Å². The summed E-state index contributed by atoms with van der Waals surface area (Å²) in [6.07, 6.45) is 0. The molecule has 0 heterocycles. The maximum atomic E-state index is 11.3. The Bertz CT molecular complexity index is 302. The van der Waals surface area contributed by atoms with Gasteiger partial charge >= 0.3 is 5.97 Å². The number of ether oxygens (including phenoxy) is 1. The van der Waals surface area contributed by atoms with Crippen LogP contribution in [0.25, 0.3) is 0 Å². The molecule has 3 nitrogen and oxygen atoms in total. The number of esters is 1. The van der Waals surface area contributed by atoms with Gasteiger partial charge in [-0.05, 0) is 26.1 Å². The molecule has 72 valence electrons. The van der Waals surface area contributed by atoms with Gasteiger partial charge in [-0.3, -0.25) is 5.32 Å². The standard InChI is InChI=1S/C10H13NO2.H2/c1-8-4-3-5-9(6-8)10(12)13-7-11-2;/h3-6,11H,7H2,1-2H3;1H. The topological polar surface area (TPSA) is 38.3 Å². The van der Waals surface area contributed by atoms with E-state index in [-0.39, 0.29) is 14.1 Å². The van der Waals surface area contributed by atoms with Crippen LogP contribution in [0.5, 0.6) is 0 Å². The molecule has 1 aromatic rings. The minimum atomic E-state index is -0.293. The molecular weight excluding hydrogens is 166 g/mol. The molecule has 0 saturated carbocycles. The molecule has 13 heavy (non-hydrogen) atoms. The smallest absolute Gasteiger partial charge is 0.339 e. The number of carbonyl (C=O) groups is 1. The molecular formula is C10H15NO2. The van der Waals surface area contributed by atoms with Crippen molar-refractivity contribution in [1.29, 1.82) is 0 Å². The highest BCUT2D eigenvalue weighted by atomic mass is 16.5. The monoisotopic (exact) mass is 181 g/mol. The van der Waals surface area contributed by atoms with E-state index in [2.05, 4.69) is 5.32 Å². The Morgan fingerprint density at radius 3 is 3.00 bits per heavy atom. The Kier molecular flexibility index (Phi) is 3.46. The molecule has 0 saturated heterocycles. The maximum absolute atomic E-state index is 11.3. The molecule has 1 rings (SSSR count). The van der Waals surface area contributed by atoms with Gasteiger partial charge in [0.25, 0.3) is 0 Å². The van der Waals surface area contributed by atoms with E-state index >= 15 is 0 Å². The van der Waals surface area contributed by atoms with Crippen molar-refractivity contribution < 1.29 is 11.0 Å². The third-order valence-corrected chi connectivity index (χ3v) is 1.60. The Hall–Kier alpha value is -1.35. The Balaban J connectivity index is 0.00000169. The van der Waals surface area contributed by atoms with Gasteiger partial charge in [0.15, 0.2) is 0 Å². The highest BCUT2D eigenvalue weighted by Crippen LogP contribution is 2.04. The van der Waals surface area contributed by atoms with Crippen molar-refractivity contribution in [1.82, 2.24) is 5.32 Å². The molecule has 0 atom stereocenters. The number of nitrogens with one attached hydrogen (secondary N) is 1. The van der Waals surface area contributed by atoms with Crippen LogP contribution in [0.4, 0.5) is 0 Å². The van der Waals surface area contributed by atoms with Crippen molar-refractivity contribution in [3.05, 3.63) is 35.4 Å². The van der Waals surface area contributed by atoms with Crippen LogP contribution in [0, 0.1) is 6.92 Å². The molecule has 0 aliphatic carbocycles. The predicted molar refractivity (Wildman–Crippen MR) is 52.6 cm³/mol. The minimum absolute atomic E-state index is 0. The van der Waals surface area contributed by atoms with Crippen molar-refractivity contribution in [2.75, 3.05) is 13.8 Å². The lowest BCUT2D eigenvalue weighted by Crippen LogP contribution is -2.16. The summed E-state index contributed by atoms with van der Waals surface area (Å²) in [6.45, 7) is 2.18. The predicted octanol–water partition coefficient (Wildman–Crippen LogP) is 1.57.